The molecule has 1 aliphatic carbocycles. The molecule has 1 amide bonds. The van der Waals surface area contributed by atoms with Gasteiger partial charge in [-0.25, -0.2) is 0 Å². The van der Waals surface area contributed by atoms with Crippen molar-refractivity contribution in [2.24, 2.45) is 11.3 Å². The second-order valence-electron chi connectivity index (χ2n) is 4.07. The van der Waals surface area contributed by atoms with Crippen molar-refractivity contribution in [1.29, 1.82) is 0 Å². The Kier molecular flexibility index (Phi) is 0.960. The Morgan fingerprint density at radius 3 is 2.30 bits per heavy atom. The van der Waals surface area contributed by atoms with Crippen molar-refractivity contribution in [2.75, 3.05) is 13.1 Å². The van der Waals surface area contributed by atoms with E-state index in [1.165, 1.54) is 0 Å². The van der Waals surface area contributed by atoms with Crippen LogP contribution in [-0.2, 0) is 4.79 Å². The molecule has 56 valence electrons. The third kappa shape index (κ3) is 0.825. The maximum absolute atomic E-state index is 11.3. The Labute approximate surface area is 61.2 Å². The summed E-state index contributed by atoms with van der Waals surface area (Å²) < 4.78 is 0. The third-order valence-electron chi connectivity index (χ3n) is 2.57. The summed E-state index contributed by atoms with van der Waals surface area (Å²) in [6.45, 7) is 6.34. The topological polar surface area (TPSA) is 20.1 Å². The smallest absolute Gasteiger partial charge is 0.226 e. The van der Waals surface area contributed by atoms with Crippen LogP contribution in [0, 0.1) is 11.3 Å². The molecule has 1 aliphatic heterocycles. The molecule has 0 aromatic heterocycles. The van der Waals surface area contributed by atoms with Crippen LogP contribution >= 0.6 is 0 Å². The van der Waals surface area contributed by atoms with Gasteiger partial charge in [-0.3, -0.25) is 4.79 Å². The van der Waals surface area contributed by atoms with E-state index in [2.05, 4.69) is 13.8 Å². The van der Waals surface area contributed by atoms with E-state index in [0.717, 1.165) is 19.5 Å². The first-order chi connectivity index (χ1) is 4.61. The summed E-state index contributed by atoms with van der Waals surface area (Å²) in [7, 11) is 0. The molecule has 1 heterocycles. The van der Waals surface area contributed by atoms with Crippen LogP contribution in [0.2, 0.25) is 0 Å². The van der Waals surface area contributed by atoms with Crippen molar-refractivity contribution in [3.05, 3.63) is 0 Å². The summed E-state index contributed by atoms with van der Waals surface area (Å²) >= 11 is 0. The molecule has 0 aromatic carbocycles. The second-order valence-corrected chi connectivity index (χ2v) is 4.07. The summed E-state index contributed by atoms with van der Waals surface area (Å²) in [4.78, 5) is 13.2. The molecule has 0 radical (unpaired) electrons. The Morgan fingerprint density at radius 2 is 2.00 bits per heavy atom. The lowest BCUT2D eigenvalue weighted by Crippen LogP contribution is -2.15. The molecule has 10 heavy (non-hydrogen) atoms. The monoisotopic (exact) mass is 139 g/mol. The van der Waals surface area contributed by atoms with Gasteiger partial charge in [0, 0.05) is 19.0 Å². The second kappa shape index (κ2) is 1.55. The average Bonchev–Trinajstić information content (AvgIpc) is 2.62. The van der Waals surface area contributed by atoms with Gasteiger partial charge in [0.25, 0.3) is 0 Å². The van der Waals surface area contributed by atoms with Crippen molar-refractivity contribution in [3.8, 4) is 0 Å². The fourth-order valence-electron chi connectivity index (χ4n) is 1.38. The van der Waals surface area contributed by atoms with E-state index in [4.69, 9.17) is 0 Å². The fourth-order valence-corrected chi connectivity index (χ4v) is 1.38. The van der Waals surface area contributed by atoms with Crippen molar-refractivity contribution in [1.82, 2.24) is 4.90 Å². The minimum absolute atomic E-state index is 0.319. The van der Waals surface area contributed by atoms with Crippen LogP contribution in [0.3, 0.4) is 0 Å². The van der Waals surface area contributed by atoms with Crippen molar-refractivity contribution < 1.29 is 4.79 Å². The summed E-state index contributed by atoms with van der Waals surface area (Å²) in [6, 6.07) is 0. The van der Waals surface area contributed by atoms with Crippen LogP contribution in [0.4, 0.5) is 0 Å². The molecule has 0 aromatic rings. The number of carbonyl (C=O) groups is 1. The van der Waals surface area contributed by atoms with Gasteiger partial charge in [0.05, 0.1) is 0 Å². The van der Waals surface area contributed by atoms with Gasteiger partial charge in [-0.1, -0.05) is 13.8 Å². The van der Waals surface area contributed by atoms with Crippen molar-refractivity contribution in [2.45, 2.75) is 20.3 Å². The van der Waals surface area contributed by atoms with Gasteiger partial charge in [-0.2, -0.15) is 0 Å². The number of hydrogen-bond acceptors (Lipinski definition) is 1. The quantitative estimate of drug-likeness (QED) is 0.494. The lowest BCUT2D eigenvalue weighted by molar-refractivity contribution is -0.127. The predicted octanol–water partition coefficient (Wildman–Crippen LogP) is 0.875. The summed E-state index contributed by atoms with van der Waals surface area (Å²) in [5.74, 6) is 0.750. The minimum Gasteiger partial charge on any atom is -0.339 e. The molecule has 0 spiro atoms. The van der Waals surface area contributed by atoms with Gasteiger partial charge in [-0.15, -0.1) is 0 Å². The van der Waals surface area contributed by atoms with Gasteiger partial charge >= 0.3 is 0 Å². The molecule has 2 heteroatoms. The zero-order chi connectivity index (χ0) is 7.35. The highest BCUT2D eigenvalue weighted by Crippen LogP contribution is 2.52. The van der Waals surface area contributed by atoms with E-state index < -0.39 is 0 Å². The van der Waals surface area contributed by atoms with Crippen LogP contribution in [0.15, 0.2) is 0 Å². The lowest BCUT2D eigenvalue weighted by Gasteiger charge is -2.01. The van der Waals surface area contributed by atoms with Crippen LogP contribution < -0.4 is 0 Å². The zero-order valence-electron chi connectivity index (χ0n) is 6.55. The normalized spacial score (nSPS) is 33.8. The van der Waals surface area contributed by atoms with E-state index in [9.17, 15) is 4.79 Å². The van der Waals surface area contributed by atoms with Crippen molar-refractivity contribution in [3.63, 3.8) is 0 Å². The molecule has 1 saturated carbocycles. The minimum atomic E-state index is 0.319. The van der Waals surface area contributed by atoms with E-state index in [0.29, 0.717) is 17.2 Å². The first-order valence-electron chi connectivity index (χ1n) is 3.90. The zero-order valence-corrected chi connectivity index (χ0v) is 6.55. The summed E-state index contributed by atoms with van der Waals surface area (Å²) in [5.41, 5.74) is 0.319. The molecule has 2 nitrogen and oxygen atoms in total. The molecule has 2 rings (SSSR count). The Hall–Kier alpha value is -0.530. The molecule has 2 aliphatic rings. The fraction of sp³-hybridized carbons (Fsp3) is 0.875. The number of hydrogen-bond donors (Lipinski definition) is 0. The predicted molar refractivity (Wildman–Crippen MR) is 38.5 cm³/mol. The van der Waals surface area contributed by atoms with Gasteiger partial charge < -0.3 is 4.90 Å². The van der Waals surface area contributed by atoms with E-state index in [1.807, 2.05) is 4.90 Å². The number of nitrogens with zero attached hydrogens (tertiary/aromatic N) is 1. The number of rotatable bonds is 1. The number of amides is 1. The van der Waals surface area contributed by atoms with E-state index in [1.54, 1.807) is 0 Å². The first-order valence-corrected chi connectivity index (χ1v) is 3.90. The van der Waals surface area contributed by atoms with Gasteiger partial charge in [0.15, 0.2) is 0 Å². The summed E-state index contributed by atoms with van der Waals surface area (Å²) in [5, 5.41) is 0. The molecule has 1 saturated heterocycles. The van der Waals surface area contributed by atoms with Crippen LogP contribution in [0.25, 0.3) is 0 Å². The number of carbonyl (C=O) groups excluding carboxylic acids is 1. The Bertz CT molecular complexity index is 182. The molecule has 1 atom stereocenters. The largest absolute Gasteiger partial charge is 0.339 e. The first kappa shape index (κ1) is 6.20. The molecule has 0 N–H and O–H groups in total. The highest BCUT2D eigenvalue weighted by Gasteiger charge is 2.53. The highest BCUT2D eigenvalue weighted by atomic mass is 16.2. The van der Waals surface area contributed by atoms with E-state index >= 15 is 0 Å². The van der Waals surface area contributed by atoms with Crippen LogP contribution in [0.1, 0.15) is 20.3 Å². The molecule has 1 unspecified atom stereocenters. The third-order valence-corrected chi connectivity index (χ3v) is 2.57. The van der Waals surface area contributed by atoms with Gasteiger partial charge in [0.2, 0.25) is 5.91 Å². The summed E-state index contributed by atoms with van der Waals surface area (Å²) in [6.07, 6.45) is 1.10. The van der Waals surface area contributed by atoms with Crippen LogP contribution in [-0.4, -0.2) is 23.9 Å². The highest BCUT2D eigenvalue weighted by molar-refractivity contribution is 5.84. The van der Waals surface area contributed by atoms with Gasteiger partial charge in [0.1, 0.15) is 0 Å². The molecule has 2 fully saturated rings. The standard InChI is InChI=1S/C8H13NO/c1-8(2)5-6(8)7(10)9-3-4-9/h6H,3-5H2,1-2H3. The molecular weight excluding hydrogens is 126 g/mol. The average molecular weight is 139 g/mol. The molecule has 0 bridgehead atoms. The van der Waals surface area contributed by atoms with Gasteiger partial charge in [-0.05, 0) is 11.8 Å². The van der Waals surface area contributed by atoms with Crippen LogP contribution in [0.5, 0.6) is 0 Å². The van der Waals surface area contributed by atoms with Crippen molar-refractivity contribution >= 4 is 5.91 Å². The molecular formula is C8H13NO. The maximum atomic E-state index is 11.3. The Morgan fingerprint density at radius 1 is 1.50 bits per heavy atom. The SMILES string of the molecule is CC1(C)CC1C(=O)N1CC1. The van der Waals surface area contributed by atoms with E-state index in [-0.39, 0.29) is 0 Å². The Balaban J connectivity index is 1.96. The maximum Gasteiger partial charge on any atom is 0.226 e. The lowest BCUT2D eigenvalue weighted by atomic mass is 10.1.